The van der Waals surface area contributed by atoms with Gasteiger partial charge in [-0.1, -0.05) is 6.07 Å². The van der Waals surface area contributed by atoms with E-state index in [9.17, 15) is 12.8 Å². The minimum atomic E-state index is -3.93. The van der Waals surface area contributed by atoms with Crippen LogP contribution in [-0.2, 0) is 10.0 Å². The maximum Gasteiger partial charge on any atom is 0.264 e. The molecule has 3 N–H and O–H groups in total. The van der Waals surface area contributed by atoms with Crippen LogP contribution in [0.2, 0.25) is 0 Å². The fraction of sp³-hybridized carbons (Fsp3) is 0.0833. The fourth-order valence-corrected chi connectivity index (χ4v) is 2.75. The minimum Gasteiger partial charge on any atom is -0.398 e. The first-order valence-corrected chi connectivity index (χ1v) is 6.87. The van der Waals surface area contributed by atoms with Gasteiger partial charge >= 0.3 is 0 Å². The second-order valence-corrected chi connectivity index (χ2v) is 5.65. The zero-order valence-electron chi connectivity index (χ0n) is 10.1. The first-order chi connectivity index (χ1) is 8.90. The molecule has 7 heteroatoms. The molecule has 2 aromatic rings. The van der Waals surface area contributed by atoms with E-state index in [1.165, 1.54) is 24.4 Å². The Kier molecular flexibility index (Phi) is 3.39. The molecule has 0 saturated heterocycles. The first-order valence-electron chi connectivity index (χ1n) is 5.38. The largest absolute Gasteiger partial charge is 0.398 e. The number of halogens is 1. The summed E-state index contributed by atoms with van der Waals surface area (Å²) >= 11 is 0. The van der Waals surface area contributed by atoms with Crippen LogP contribution in [0.25, 0.3) is 0 Å². The van der Waals surface area contributed by atoms with Gasteiger partial charge in [-0.15, -0.1) is 0 Å². The molecule has 5 nitrogen and oxygen atoms in total. The average Bonchev–Trinajstić information content (AvgIpc) is 2.31. The number of nitrogens with zero attached hydrogens (tertiary/aromatic N) is 1. The van der Waals surface area contributed by atoms with E-state index >= 15 is 0 Å². The molecule has 0 fully saturated rings. The normalized spacial score (nSPS) is 11.3. The molecule has 0 saturated carbocycles. The highest BCUT2D eigenvalue weighted by molar-refractivity contribution is 7.92. The van der Waals surface area contributed by atoms with E-state index in [-0.39, 0.29) is 16.3 Å². The van der Waals surface area contributed by atoms with Crippen LogP contribution in [0.5, 0.6) is 0 Å². The van der Waals surface area contributed by atoms with Gasteiger partial charge in [0.25, 0.3) is 10.0 Å². The molecule has 1 aromatic carbocycles. The molecule has 100 valence electrons. The van der Waals surface area contributed by atoms with E-state index in [0.29, 0.717) is 0 Å². The standard InChI is InChI=1S/C12H12FN3O2S/c1-8-2-3-12(10(14)6-8)19(17,18)16-11-4-5-15-7-9(11)13/h2-7H,14H2,1H3,(H,15,16). The Morgan fingerprint density at radius 3 is 2.68 bits per heavy atom. The number of nitrogen functional groups attached to an aromatic ring is 1. The van der Waals surface area contributed by atoms with Gasteiger partial charge in [0.2, 0.25) is 0 Å². The molecule has 0 radical (unpaired) electrons. The molecule has 2 rings (SSSR count). The number of sulfonamides is 1. The van der Waals surface area contributed by atoms with Crippen molar-refractivity contribution >= 4 is 21.4 Å². The van der Waals surface area contributed by atoms with E-state index in [4.69, 9.17) is 5.73 Å². The molecule has 0 atom stereocenters. The summed E-state index contributed by atoms with van der Waals surface area (Å²) in [7, 11) is -3.93. The van der Waals surface area contributed by atoms with E-state index in [0.717, 1.165) is 11.8 Å². The molecular formula is C12H12FN3O2S. The van der Waals surface area contributed by atoms with E-state index in [1.54, 1.807) is 13.0 Å². The fourth-order valence-electron chi connectivity index (χ4n) is 1.57. The van der Waals surface area contributed by atoms with Gasteiger partial charge in [0.15, 0.2) is 5.82 Å². The van der Waals surface area contributed by atoms with Gasteiger partial charge < -0.3 is 5.73 Å². The Balaban J connectivity index is 2.41. The maximum atomic E-state index is 13.4. The van der Waals surface area contributed by atoms with Gasteiger partial charge in [-0.25, -0.2) is 12.8 Å². The number of aromatic nitrogens is 1. The molecule has 0 aliphatic rings. The SMILES string of the molecule is Cc1ccc(S(=O)(=O)Nc2ccncc2F)c(N)c1. The average molecular weight is 281 g/mol. The highest BCUT2D eigenvalue weighted by atomic mass is 32.2. The third-order valence-corrected chi connectivity index (χ3v) is 3.91. The monoisotopic (exact) mass is 281 g/mol. The molecule has 0 aliphatic heterocycles. The Morgan fingerprint density at radius 2 is 2.05 bits per heavy atom. The van der Waals surface area contributed by atoms with Crippen LogP contribution in [0, 0.1) is 12.7 Å². The predicted molar refractivity (Wildman–Crippen MR) is 70.6 cm³/mol. The van der Waals surface area contributed by atoms with Crippen LogP contribution in [0.3, 0.4) is 0 Å². The van der Waals surface area contributed by atoms with Gasteiger partial charge in [-0.2, -0.15) is 0 Å². The summed E-state index contributed by atoms with van der Waals surface area (Å²) < 4.78 is 39.7. The zero-order chi connectivity index (χ0) is 14.0. The smallest absolute Gasteiger partial charge is 0.264 e. The van der Waals surface area contributed by atoms with Crippen molar-refractivity contribution in [2.75, 3.05) is 10.5 Å². The van der Waals surface area contributed by atoms with E-state index in [2.05, 4.69) is 9.71 Å². The van der Waals surface area contributed by atoms with Crippen molar-refractivity contribution in [2.45, 2.75) is 11.8 Å². The summed E-state index contributed by atoms with van der Waals surface area (Å²) in [5, 5.41) is 0. The number of hydrogen-bond acceptors (Lipinski definition) is 4. The lowest BCUT2D eigenvalue weighted by molar-refractivity contribution is 0.598. The summed E-state index contributed by atoms with van der Waals surface area (Å²) in [6.07, 6.45) is 2.22. The lowest BCUT2D eigenvalue weighted by atomic mass is 10.2. The molecule has 1 heterocycles. The molecular weight excluding hydrogens is 269 g/mol. The summed E-state index contributed by atoms with van der Waals surface area (Å²) in [5.41, 5.74) is 6.45. The number of anilines is 2. The molecule has 0 bridgehead atoms. The summed E-state index contributed by atoms with van der Waals surface area (Å²) in [4.78, 5) is 3.45. The van der Waals surface area contributed by atoms with Crippen molar-refractivity contribution in [3.63, 3.8) is 0 Å². The highest BCUT2D eigenvalue weighted by Crippen LogP contribution is 2.23. The molecule has 19 heavy (non-hydrogen) atoms. The third kappa shape index (κ3) is 2.82. The van der Waals surface area contributed by atoms with E-state index in [1.807, 2.05) is 0 Å². The van der Waals surface area contributed by atoms with Crippen LogP contribution < -0.4 is 10.5 Å². The van der Waals surface area contributed by atoms with Crippen LogP contribution in [0.1, 0.15) is 5.56 Å². The van der Waals surface area contributed by atoms with Crippen LogP contribution >= 0.6 is 0 Å². The summed E-state index contributed by atoms with van der Waals surface area (Å²) in [6, 6.07) is 5.77. The second kappa shape index (κ2) is 4.85. The van der Waals surface area contributed by atoms with Gasteiger partial charge in [-0.3, -0.25) is 9.71 Å². The Labute approximate surface area is 110 Å². The zero-order valence-corrected chi connectivity index (χ0v) is 10.9. The van der Waals surface area contributed by atoms with Gasteiger partial charge in [0.1, 0.15) is 4.90 Å². The molecule has 0 spiro atoms. The number of benzene rings is 1. The first kappa shape index (κ1) is 13.3. The van der Waals surface area contributed by atoms with Crippen molar-refractivity contribution in [1.82, 2.24) is 4.98 Å². The second-order valence-electron chi connectivity index (χ2n) is 4.00. The number of rotatable bonds is 3. The number of aryl methyl sites for hydroxylation is 1. The molecule has 0 amide bonds. The lowest BCUT2D eigenvalue weighted by Gasteiger charge is -2.10. The van der Waals surface area contributed by atoms with Crippen LogP contribution in [0.15, 0.2) is 41.6 Å². The lowest BCUT2D eigenvalue weighted by Crippen LogP contribution is -2.15. The topological polar surface area (TPSA) is 85.1 Å². The maximum absolute atomic E-state index is 13.4. The quantitative estimate of drug-likeness (QED) is 0.842. The molecule has 0 aliphatic carbocycles. The highest BCUT2D eigenvalue weighted by Gasteiger charge is 2.19. The number of pyridine rings is 1. The Bertz CT molecular complexity index is 717. The van der Waals surface area contributed by atoms with E-state index < -0.39 is 15.8 Å². The Hall–Kier alpha value is -2.15. The van der Waals surface area contributed by atoms with Crippen molar-refractivity contribution in [3.05, 3.63) is 48.0 Å². The third-order valence-electron chi connectivity index (χ3n) is 2.47. The summed E-state index contributed by atoms with van der Waals surface area (Å²) in [5.74, 6) is -0.753. The van der Waals surface area contributed by atoms with Crippen molar-refractivity contribution in [1.29, 1.82) is 0 Å². The number of nitrogens with two attached hydrogens (primary N) is 1. The molecule has 0 unspecified atom stereocenters. The van der Waals surface area contributed by atoms with Crippen LogP contribution in [-0.4, -0.2) is 13.4 Å². The summed E-state index contributed by atoms with van der Waals surface area (Å²) in [6.45, 7) is 1.79. The number of hydrogen-bond donors (Lipinski definition) is 2. The van der Waals surface area contributed by atoms with Crippen LogP contribution in [0.4, 0.5) is 15.8 Å². The van der Waals surface area contributed by atoms with Crippen molar-refractivity contribution in [2.24, 2.45) is 0 Å². The van der Waals surface area contributed by atoms with Crippen molar-refractivity contribution < 1.29 is 12.8 Å². The Morgan fingerprint density at radius 1 is 1.32 bits per heavy atom. The molecule has 1 aromatic heterocycles. The van der Waals surface area contributed by atoms with Gasteiger partial charge in [0.05, 0.1) is 17.6 Å². The predicted octanol–water partition coefficient (Wildman–Crippen LogP) is 1.91. The van der Waals surface area contributed by atoms with Gasteiger partial charge in [0, 0.05) is 6.20 Å². The minimum absolute atomic E-state index is 0.0886. The number of nitrogens with one attached hydrogen (secondary N) is 1. The van der Waals surface area contributed by atoms with Crippen molar-refractivity contribution in [3.8, 4) is 0 Å². The van der Waals surface area contributed by atoms with Gasteiger partial charge in [-0.05, 0) is 30.7 Å².